The lowest BCUT2D eigenvalue weighted by Crippen LogP contribution is -2.17. The topological polar surface area (TPSA) is 34.9 Å². The van der Waals surface area contributed by atoms with E-state index in [-0.39, 0.29) is 5.43 Å². The normalized spacial score (nSPS) is 10.6. The van der Waals surface area contributed by atoms with E-state index in [2.05, 4.69) is 36.3 Å². The van der Waals surface area contributed by atoms with Crippen LogP contribution in [0.2, 0.25) is 0 Å². The molecule has 0 amide bonds. The monoisotopic (exact) mass is 242 g/mol. The molecule has 3 heteroatoms. The van der Waals surface area contributed by atoms with E-state index in [1.165, 1.54) is 11.8 Å². The van der Waals surface area contributed by atoms with Gasteiger partial charge in [0, 0.05) is 11.3 Å². The minimum atomic E-state index is 0.00767. The number of rotatable bonds is 3. The van der Waals surface area contributed by atoms with Crippen LogP contribution in [0.25, 0.3) is 5.69 Å². The van der Waals surface area contributed by atoms with E-state index in [1.807, 2.05) is 18.5 Å². The minimum absolute atomic E-state index is 0.00767. The lowest BCUT2D eigenvalue weighted by atomic mass is 10.1. The van der Waals surface area contributed by atoms with Crippen LogP contribution in [0.15, 0.2) is 35.3 Å². The van der Waals surface area contributed by atoms with Gasteiger partial charge in [-0.05, 0) is 37.5 Å². The quantitative estimate of drug-likeness (QED) is 0.829. The zero-order valence-electron chi connectivity index (χ0n) is 11.1. The molecule has 0 N–H and O–H groups in total. The molecule has 0 fully saturated rings. The Kier molecular flexibility index (Phi) is 3.60. The van der Waals surface area contributed by atoms with E-state index in [0.29, 0.717) is 0 Å². The molecular weight excluding hydrogens is 224 g/mol. The van der Waals surface area contributed by atoms with Crippen molar-refractivity contribution in [2.24, 2.45) is 0 Å². The summed E-state index contributed by atoms with van der Waals surface area (Å²) >= 11 is 0. The molecule has 0 radical (unpaired) electrons. The van der Waals surface area contributed by atoms with Gasteiger partial charge in [0.05, 0.1) is 11.9 Å². The minimum Gasteiger partial charge on any atom is -0.288 e. The van der Waals surface area contributed by atoms with Crippen molar-refractivity contribution in [3.05, 3.63) is 57.5 Å². The van der Waals surface area contributed by atoms with Crippen molar-refractivity contribution in [1.29, 1.82) is 0 Å². The first-order valence-corrected chi connectivity index (χ1v) is 6.34. The largest absolute Gasteiger partial charge is 0.288 e. The summed E-state index contributed by atoms with van der Waals surface area (Å²) in [6.45, 7) is 6.04. The van der Waals surface area contributed by atoms with Crippen LogP contribution in [-0.4, -0.2) is 9.78 Å². The molecule has 1 aromatic heterocycles. The van der Waals surface area contributed by atoms with Gasteiger partial charge < -0.3 is 0 Å². The van der Waals surface area contributed by atoms with Crippen LogP contribution >= 0.6 is 0 Å². The van der Waals surface area contributed by atoms with Gasteiger partial charge in [-0.1, -0.05) is 26.0 Å². The van der Waals surface area contributed by atoms with Crippen molar-refractivity contribution >= 4 is 0 Å². The number of hydrogen-bond donors (Lipinski definition) is 0. The first-order valence-electron chi connectivity index (χ1n) is 6.34. The molecule has 0 aliphatic heterocycles. The second kappa shape index (κ2) is 5.17. The number of aryl methyl sites for hydroxylation is 1. The van der Waals surface area contributed by atoms with Gasteiger partial charge in [-0.3, -0.25) is 4.79 Å². The molecule has 0 aliphatic rings. The van der Waals surface area contributed by atoms with Crippen molar-refractivity contribution in [2.45, 2.75) is 33.6 Å². The molecule has 1 aromatic carbocycles. The van der Waals surface area contributed by atoms with E-state index in [9.17, 15) is 4.79 Å². The second-order valence-electron chi connectivity index (χ2n) is 4.37. The van der Waals surface area contributed by atoms with Crippen LogP contribution in [0.4, 0.5) is 0 Å². The maximum absolute atomic E-state index is 11.6. The highest BCUT2D eigenvalue weighted by Crippen LogP contribution is 2.13. The molecule has 2 aromatic rings. The molecule has 0 aliphatic carbocycles. The number of hydrogen-bond acceptors (Lipinski definition) is 2. The molecule has 1 heterocycles. The Morgan fingerprint density at radius 3 is 2.33 bits per heavy atom. The Bertz CT molecular complexity index is 597. The fourth-order valence-electron chi connectivity index (χ4n) is 2.09. The Morgan fingerprint density at radius 1 is 1.11 bits per heavy atom. The van der Waals surface area contributed by atoms with Crippen molar-refractivity contribution in [2.75, 3.05) is 0 Å². The third-order valence-electron chi connectivity index (χ3n) is 3.27. The molecule has 18 heavy (non-hydrogen) atoms. The summed E-state index contributed by atoms with van der Waals surface area (Å²) in [6, 6.07) is 8.30. The summed E-state index contributed by atoms with van der Waals surface area (Å²) < 4.78 is 1.86. The summed E-state index contributed by atoms with van der Waals surface area (Å²) in [7, 11) is 0. The van der Waals surface area contributed by atoms with Gasteiger partial charge in [0.15, 0.2) is 0 Å². The molecular formula is C15H18N2O. The molecule has 3 nitrogen and oxygen atoms in total. The first-order chi connectivity index (χ1) is 8.67. The SMILES string of the molecule is CCc1ccc(-n2ncc(=O)c(C)c2CC)cc1. The lowest BCUT2D eigenvalue weighted by molar-refractivity contribution is 0.756. The van der Waals surface area contributed by atoms with E-state index in [4.69, 9.17) is 0 Å². The van der Waals surface area contributed by atoms with Gasteiger partial charge >= 0.3 is 0 Å². The average Bonchev–Trinajstić information content (AvgIpc) is 2.42. The molecule has 0 saturated carbocycles. The number of benzene rings is 1. The summed E-state index contributed by atoms with van der Waals surface area (Å²) in [6.07, 6.45) is 3.21. The van der Waals surface area contributed by atoms with Gasteiger partial charge in [0.1, 0.15) is 0 Å². The Morgan fingerprint density at radius 2 is 1.78 bits per heavy atom. The smallest absolute Gasteiger partial charge is 0.203 e. The van der Waals surface area contributed by atoms with Crippen molar-refractivity contribution in [3.8, 4) is 5.69 Å². The maximum atomic E-state index is 11.6. The van der Waals surface area contributed by atoms with E-state index >= 15 is 0 Å². The first kappa shape index (κ1) is 12.6. The third-order valence-corrected chi connectivity index (χ3v) is 3.27. The van der Waals surface area contributed by atoms with E-state index in [1.54, 1.807) is 0 Å². The summed E-state index contributed by atoms with van der Waals surface area (Å²) in [5.74, 6) is 0. The Balaban J connectivity index is 2.56. The lowest BCUT2D eigenvalue weighted by Gasteiger charge is -2.13. The highest BCUT2D eigenvalue weighted by Gasteiger charge is 2.08. The average molecular weight is 242 g/mol. The summed E-state index contributed by atoms with van der Waals surface area (Å²) in [5, 5.41) is 4.24. The zero-order chi connectivity index (χ0) is 13.1. The maximum Gasteiger partial charge on any atom is 0.203 e. The van der Waals surface area contributed by atoms with Crippen LogP contribution in [0.3, 0.4) is 0 Å². The predicted molar refractivity (Wildman–Crippen MR) is 73.3 cm³/mol. The second-order valence-corrected chi connectivity index (χ2v) is 4.37. The zero-order valence-corrected chi connectivity index (χ0v) is 11.1. The van der Waals surface area contributed by atoms with Crippen molar-refractivity contribution in [1.82, 2.24) is 9.78 Å². The molecule has 0 bridgehead atoms. The number of nitrogens with zero attached hydrogens (tertiary/aromatic N) is 2. The fraction of sp³-hybridized carbons (Fsp3) is 0.333. The van der Waals surface area contributed by atoms with Crippen LogP contribution in [0.5, 0.6) is 0 Å². The Hall–Kier alpha value is -1.90. The Labute approximate surface area is 107 Å². The van der Waals surface area contributed by atoms with Crippen LogP contribution < -0.4 is 5.43 Å². The molecule has 0 saturated heterocycles. The fourth-order valence-corrected chi connectivity index (χ4v) is 2.09. The molecule has 2 rings (SSSR count). The number of aromatic nitrogens is 2. The summed E-state index contributed by atoms with van der Waals surface area (Å²) in [4.78, 5) is 11.6. The third kappa shape index (κ3) is 2.21. The highest BCUT2D eigenvalue weighted by atomic mass is 16.1. The predicted octanol–water partition coefficient (Wildman–Crippen LogP) is 2.67. The highest BCUT2D eigenvalue weighted by molar-refractivity contribution is 5.36. The van der Waals surface area contributed by atoms with Gasteiger partial charge in [0.2, 0.25) is 5.43 Å². The standard InChI is InChI=1S/C15H18N2O/c1-4-12-6-8-13(9-7-12)17-14(5-2)11(3)15(18)10-16-17/h6-10H,4-5H2,1-3H3. The van der Waals surface area contributed by atoms with Gasteiger partial charge in [-0.2, -0.15) is 5.10 Å². The molecule has 94 valence electrons. The summed E-state index contributed by atoms with van der Waals surface area (Å²) in [5.41, 5.74) is 4.08. The van der Waals surface area contributed by atoms with Crippen LogP contribution in [-0.2, 0) is 12.8 Å². The molecule has 0 atom stereocenters. The molecule has 0 spiro atoms. The van der Waals surface area contributed by atoms with E-state index in [0.717, 1.165) is 29.8 Å². The van der Waals surface area contributed by atoms with Gasteiger partial charge in [0.25, 0.3) is 0 Å². The van der Waals surface area contributed by atoms with Crippen LogP contribution in [0.1, 0.15) is 30.7 Å². The molecule has 0 unspecified atom stereocenters. The van der Waals surface area contributed by atoms with Crippen molar-refractivity contribution < 1.29 is 0 Å². The van der Waals surface area contributed by atoms with Crippen molar-refractivity contribution in [3.63, 3.8) is 0 Å². The van der Waals surface area contributed by atoms with Gasteiger partial charge in [-0.15, -0.1) is 0 Å². The van der Waals surface area contributed by atoms with Gasteiger partial charge in [-0.25, -0.2) is 4.68 Å². The van der Waals surface area contributed by atoms with Crippen LogP contribution in [0, 0.1) is 6.92 Å². The van der Waals surface area contributed by atoms with E-state index < -0.39 is 0 Å².